The van der Waals surface area contributed by atoms with E-state index in [1.54, 1.807) is 0 Å². The van der Waals surface area contributed by atoms with Gasteiger partial charge in [-0.15, -0.1) is 0 Å². The summed E-state index contributed by atoms with van der Waals surface area (Å²) in [6.07, 6.45) is 5.07. The van der Waals surface area contributed by atoms with Crippen LogP contribution < -0.4 is 4.72 Å². The number of aromatic amines is 2. The third-order valence-electron chi connectivity index (χ3n) is 2.34. The van der Waals surface area contributed by atoms with E-state index in [0.717, 1.165) is 6.20 Å². The van der Waals surface area contributed by atoms with Crippen molar-refractivity contribution in [1.82, 2.24) is 24.7 Å². The van der Waals surface area contributed by atoms with Crippen LogP contribution in [0.15, 0.2) is 30.1 Å². The molecule has 19 heavy (non-hydrogen) atoms. The molecule has 0 saturated heterocycles. The second-order valence-electron chi connectivity index (χ2n) is 3.71. The molecular formula is C9H11N5O4S. The number of sulfonamides is 1. The van der Waals surface area contributed by atoms with Gasteiger partial charge < -0.3 is 15.1 Å². The monoisotopic (exact) mass is 285 g/mol. The van der Waals surface area contributed by atoms with Crippen molar-refractivity contribution in [1.29, 1.82) is 0 Å². The molecular weight excluding hydrogens is 274 g/mol. The summed E-state index contributed by atoms with van der Waals surface area (Å²) in [7, 11) is -3.95. The van der Waals surface area contributed by atoms with Crippen molar-refractivity contribution < 1.29 is 18.3 Å². The number of imidazole rings is 2. The maximum absolute atomic E-state index is 11.9. The number of carbonyl (C=O) groups is 1. The summed E-state index contributed by atoms with van der Waals surface area (Å²) in [6, 6.07) is -1.30. The summed E-state index contributed by atoms with van der Waals surface area (Å²) in [4.78, 5) is 23.5. The molecule has 9 nitrogen and oxygen atoms in total. The molecule has 0 radical (unpaired) electrons. The van der Waals surface area contributed by atoms with E-state index in [9.17, 15) is 13.2 Å². The zero-order valence-electron chi connectivity index (χ0n) is 9.57. The van der Waals surface area contributed by atoms with Gasteiger partial charge in [0.1, 0.15) is 6.04 Å². The van der Waals surface area contributed by atoms with Crippen molar-refractivity contribution in [2.75, 3.05) is 0 Å². The van der Waals surface area contributed by atoms with Crippen molar-refractivity contribution in [3.63, 3.8) is 0 Å². The fourth-order valence-electron chi connectivity index (χ4n) is 1.44. The number of carboxylic acid groups (broad SMARTS) is 1. The summed E-state index contributed by atoms with van der Waals surface area (Å²) >= 11 is 0. The molecule has 2 aromatic heterocycles. The molecule has 0 unspecified atom stereocenters. The minimum absolute atomic E-state index is 0.0390. The van der Waals surface area contributed by atoms with Crippen LogP contribution in [0.25, 0.3) is 0 Å². The summed E-state index contributed by atoms with van der Waals surface area (Å²) in [5.74, 6) is -1.28. The predicted octanol–water partition coefficient (Wildman–Crippen LogP) is -0.893. The number of nitrogens with one attached hydrogen (secondary N) is 3. The zero-order valence-corrected chi connectivity index (χ0v) is 10.4. The van der Waals surface area contributed by atoms with Crippen LogP contribution in [0.5, 0.6) is 0 Å². The van der Waals surface area contributed by atoms with Gasteiger partial charge >= 0.3 is 5.97 Å². The molecule has 0 saturated carbocycles. The molecule has 1 atom stereocenters. The molecule has 2 aromatic rings. The van der Waals surface area contributed by atoms with Crippen molar-refractivity contribution in [2.24, 2.45) is 0 Å². The molecule has 102 valence electrons. The highest BCUT2D eigenvalue weighted by molar-refractivity contribution is 7.89. The van der Waals surface area contributed by atoms with Crippen LogP contribution in [0.4, 0.5) is 0 Å². The molecule has 0 aromatic carbocycles. The maximum Gasteiger partial charge on any atom is 0.322 e. The predicted molar refractivity (Wildman–Crippen MR) is 62.6 cm³/mol. The van der Waals surface area contributed by atoms with Crippen LogP contribution in [0, 0.1) is 0 Å². The Hall–Kier alpha value is -2.20. The molecule has 0 fully saturated rings. The molecule has 0 aliphatic carbocycles. The number of H-pyrrole nitrogens is 2. The van der Waals surface area contributed by atoms with E-state index in [1.165, 1.54) is 18.9 Å². The van der Waals surface area contributed by atoms with Crippen LogP contribution in [-0.2, 0) is 21.2 Å². The Labute approximate surface area is 108 Å². The molecule has 2 heterocycles. The lowest BCUT2D eigenvalue weighted by atomic mass is 10.2. The second-order valence-corrected chi connectivity index (χ2v) is 5.39. The van der Waals surface area contributed by atoms with Gasteiger partial charge in [0, 0.05) is 18.3 Å². The fourth-order valence-corrected chi connectivity index (χ4v) is 2.53. The third kappa shape index (κ3) is 3.17. The highest BCUT2D eigenvalue weighted by Gasteiger charge is 2.26. The number of hydrogen-bond donors (Lipinski definition) is 4. The first-order chi connectivity index (χ1) is 8.99. The highest BCUT2D eigenvalue weighted by Crippen LogP contribution is 2.06. The third-order valence-corrected chi connectivity index (χ3v) is 3.73. The van der Waals surface area contributed by atoms with Crippen LogP contribution in [0.1, 0.15) is 5.69 Å². The Morgan fingerprint density at radius 3 is 2.53 bits per heavy atom. The highest BCUT2D eigenvalue weighted by atomic mass is 32.2. The molecule has 0 spiro atoms. The number of nitrogens with zero attached hydrogens (tertiary/aromatic N) is 2. The van der Waals surface area contributed by atoms with Gasteiger partial charge in [-0.1, -0.05) is 0 Å². The quantitative estimate of drug-likeness (QED) is 0.542. The van der Waals surface area contributed by atoms with E-state index in [-0.39, 0.29) is 11.4 Å². The van der Waals surface area contributed by atoms with Gasteiger partial charge in [-0.2, -0.15) is 4.72 Å². The van der Waals surface area contributed by atoms with E-state index in [1.807, 2.05) is 0 Å². The second kappa shape index (κ2) is 5.20. The van der Waals surface area contributed by atoms with Gasteiger partial charge in [0.2, 0.25) is 0 Å². The van der Waals surface area contributed by atoms with Crippen LogP contribution in [-0.4, -0.2) is 45.5 Å². The molecule has 10 heteroatoms. The van der Waals surface area contributed by atoms with Gasteiger partial charge in [-0.05, 0) is 0 Å². The minimum atomic E-state index is -3.95. The summed E-state index contributed by atoms with van der Waals surface area (Å²) in [5, 5.41) is 8.85. The van der Waals surface area contributed by atoms with Gasteiger partial charge in [0.25, 0.3) is 10.0 Å². The van der Waals surface area contributed by atoms with E-state index >= 15 is 0 Å². The van der Waals surface area contributed by atoms with Crippen molar-refractivity contribution in [2.45, 2.75) is 17.5 Å². The maximum atomic E-state index is 11.9. The lowest BCUT2D eigenvalue weighted by Gasteiger charge is -2.12. The first-order valence-electron chi connectivity index (χ1n) is 5.20. The lowest BCUT2D eigenvalue weighted by Crippen LogP contribution is -2.42. The first kappa shape index (κ1) is 13.2. The van der Waals surface area contributed by atoms with Gasteiger partial charge in [0.05, 0.1) is 18.9 Å². The number of aromatic nitrogens is 4. The number of rotatable bonds is 6. The van der Waals surface area contributed by atoms with E-state index < -0.39 is 22.0 Å². The molecule has 0 amide bonds. The fraction of sp³-hybridized carbons (Fsp3) is 0.222. The van der Waals surface area contributed by atoms with Gasteiger partial charge in [-0.25, -0.2) is 18.4 Å². The first-order valence-corrected chi connectivity index (χ1v) is 6.68. The normalized spacial score (nSPS) is 13.3. The van der Waals surface area contributed by atoms with E-state index in [0.29, 0.717) is 5.69 Å². The number of aliphatic carboxylic acids is 1. The average molecular weight is 285 g/mol. The summed E-state index contributed by atoms with van der Waals surface area (Å²) < 4.78 is 25.8. The van der Waals surface area contributed by atoms with E-state index in [2.05, 4.69) is 24.7 Å². The Morgan fingerprint density at radius 1 is 1.32 bits per heavy atom. The lowest BCUT2D eigenvalue weighted by molar-refractivity contribution is -0.138. The molecule has 4 N–H and O–H groups in total. The van der Waals surface area contributed by atoms with Gasteiger partial charge in [0.15, 0.2) is 5.03 Å². The topological polar surface area (TPSA) is 141 Å². The van der Waals surface area contributed by atoms with Crippen molar-refractivity contribution >= 4 is 16.0 Å². The minimum Gasteiger partial charge on any atom is -0.480 e. The largest absolute Gasteiger partial charge is 0.480 e. The molecule has 0 aliphatic heterocycles. The summed E-state index contributed by atoms with van der Waals surface area (Å²) in [6.45, 7) is 0. The average Bonchev–Trinajstić information content (AvgIpc) is 3.00. The van der Waals surface area contributed by atoms with Crippen LogP contribution in [0.3, 0.4) is 0 Å². The molecule has 0 bridgehead atoms. The smallest absolute Gasteiger partial charge is 0.322 e. The number of carboxylic acids is 1. The standard InChI is InChI=1S/C9H11N5O4S/c15-9(16)7(1-6-2-10-4-12-6)14-19(17,18)8-3-11-5-13-8/h2-5,7,14H,1H2,(H,10,12)(H,11,13)(H,15,16)/t7-/m1/s1. The molecule has 0 aliphatic rings. The zero-order chi connectivity index (χ0) is 13.9. The Morgan fingerprint density at radius 2 is 2.00 bits per heavy atom. The van der Waals surface area contributed by atoms with Crippen molar-refractivity contribution in [3.05, 3.63) is 30.7 Å². The Bertz CT molecular complexity index is 634. The van der Waals surface area contributed by atoms with Crippen LogP contribution in [0.2, 0.25) is 0 Å². The SMILES string of the molecule is O=C(O)[C@@H](Cc1cnc[nH]1)NS(=O)(=O)c1cnc[nH]1. The summed E-state index contributed by atoms with van der Waals surface area (Å²) in [5.41, 5.74) is 0.514. The van der Waals surface area contributed by atoms with Crippen molar-refractivity contribution in [3.8, 4) is 0 Å². The van der Waals surface area contributed by atoms with Crippen LogP contribution >= 0.6 is 0 Å². The van der Waals surface area contributed by atoms with E-state index in [4.69, 9.17) is 5.11 Å². The Balaban J connectivity index is 2.15. The molecule has 2 rings (SSSR count). The Kier molecular flexibility index (Phi) is 3.62. The van der Waals surface area contributed by atoms with Gasteiger partial charge in [-0.3, -0.25) is 4.79 Å². The number of hydrogen-bond acceptors (Lipinski definition) is 5.